The maximum absolute atomic E-state index is 10.4. The number of aliphatic hydroxyl groups excluding tert-OH is 1. The number of carboxylic acids is 1. The molecule has 1 atom stereocenters. The van der Waals surface area contributed by atoms with Gasteiger partial charge in [0.05, 0.1) is 0 Å². The first-order chi connectivity index (χ1) is 9.18. The van der Waals surface area contributed by atoms with Gasteiger partial charge in [0.1, 0.15) is 0 Å². The topological polar surface area (TPSA) is 57.5 Å². The third-order valence-electron chi connectivity index (χ3n) is 3.62. The molecule has 0 aliphatic carbocycles. The molecule has 20 heavy (non-hydrogen) atoms. The molecule has 0 heterocycles. The summed E-state index contributed by atoms with van der Waals surface area (Å²) >= 11 is 0. The van der Waals surface area contributed by atoms with E-state index in [0.29, 0.717) is 6.42 Å². The molecule has 0 aromatic carbocycles. The summed E-state index contributed by atoms with van der Waals surface area (Å²) in [4.78, 5) is 10.4. The Labute approximate surface area is 157 Å². The van der Waals surface area contributed by atoms with Crippen LogP contribution in [0.1, 0.15) is 93.2 Å². The second-order valence-electron chi connectivity index (χ2n) is 5.53. The maximum Gasteiger partial charge on any atom is 2.00 e. The molecule has 0 aliphatic rings. The summed E-state index contributed by atoms with van der Waals surface area (Å²) in [6, 6.07) is 0. The van der Waals surface area contributed by atoms with Gasteiger partial charge in [0, 0.05) is 0 Å². The van der Waals surface area contributed by atoms with Gasteiger partial charge in [0.25, 0.3) is 0 Å². The third kappa shape index (κ3) is 16.7. The number of aliphatic carboxylic acids is 1. The quantitative estimate of drug-likeness (QED) is 0.370. The third-order valence-corrected chi connectivity index (χ3v) is 3.62. The van der Waals surface area contributed by atoms with Crippen LogP contribution in [0.2, 0.25) is 0 Å². The molecule has 118 valence electrons. The van der Waals surface area contributed by atoms with Gasteiger partial charge in [-0.15, -0.1) is 0 Å². The van der Waals surface area contributed by atoms with Gasteiger partial charge in [-0.05, 0) is 6.42 Å². The second kappa shape index (κ2) is 17.7. The minimum atomic E-state index is -1.16. The van der Waals surface area contributed by atoms with Crippen molar-refractivity contribution in [2.75, 3.05) is 0 Å². The van der Waals surface area contributed by atoms with Crippen LogP contribution in [0, 0.1) is 0 Å². The van der Waals surface area contributed by atoms with Crippen LogP contribution in [0.3, 0.4) is 0 Å². The number of aliphatic hydroxyl groups is 1. The Morgan fingerprint density at radius 2 is 1.20 bits per heavy atom. The van der Waals surface area contributed by atoms with E-state index in [4.69, 9.17) is 10.2 Å². The number of rotatable bonds is 14. The molecule has 0 aromatic heterocycles. The first kappa shape index (κ1) is 23.0. The fraction of sp³-hybridized carbons (Fsp3) is 0.938. The number of unbranched alkanes of at least 4 members (excludes halogenated alkanes) is 11. The maximum atomic E-state index is 10.4. The van der Waals surface area contributed by atoms with E-state index in [1.54, 1.807) is 0 Å². The molecule has 0 rings (SSSR count). The van der Waals surface area contributed by atoms with Crippen molar-refractivity contribution in [2.24, 2.45) is 0 Å². The van der Waals surface area contributed by atoms with Crippen molar-refractivity contribution in [3.63, 3.8) is 0 Å². The number of hydrogen-bond donors (Lipinski definition) is 2. The fourth-order valence-electron chi connectivity index (χ4n) is 2.30. The average molecular weight is 315 g/mol. The fourth-order valence-corrected chi connectivity index (χ4v) is 2.30. The molecule has 2 N–H and O–H groups in total. The normalized spacial score (nSPS) is 11.9. The Hall–Kier alpha value is 0.690. The molecule has 0 radical (unpaired) electrons. The van der Waals surface area contributed by atoms with E-state index >= 15 is 0 Å². The zero-order valence-electron chi connectivity index (χ0n) is 15.3. The smallest absolute Gasteiger partial charge is 1.00 e. The molecule has 0 aliphatic heterocycles. The Bertz CT molecular complexity index is 220. The number of carbonyl (C=O) groups is 1. The van der Waals surface area contributed by atoms with Crippen molar-refractivity contribution in [1.82, 2.24) is 0 Å². The minimum Gasteiger partial charge on any atom is -1.00 e. The summed E-state index contributed by atoms with van der Waals surface area (Å²) < 4.78 is 0. The molecule has 0 saturated carbocycles. The summed E-state index contributed by atoms with van der Waals surface area (Å²) in [6.45, 7) is 2.25. The molecule has 3 nitrogen and oxygen atoms in total. The summed E-state index contributed by atoms with van der Waals surface area (Å²) in [6.07, 6.45) is 14.4. The molecule has 0 aromatic rings. The van der Waals surface area contributed by atoms with Crippen LogP contribution in [-0.4, -0.2) is 60.0 Å². The van der Waals surface area contributed by atoms with Crippen LogP contribution in [0.25, 0.3) is 0 Å². The van der Waals surface area contributed by atoms with Crippen molar-refractivity contribution in [2.45, 2.75) is 96.5 Å². The molecular formula is C16H34CaO3. The van der Waals surface area contributed by atoms with Gasteiger partial charge in [-0.3, -0.25) is 0 Å². The molecule has 0 spiro atoms. The number of carboxylic acid groups (broad SMARTS) is 1. The van der Waals surface area contributed by atoms with E-state index in [2.05, 4.69) is 6.92 Å². The molecule has 1 unspecified atom stereocenters. The van der Waals surface area contributed by atoms with E-state index in [9.17, 15) is 4.79 Å². The van der Waals surface area contributed by atoms with Crippen molar-refractivity contribution in [3.05, 3.63) is 0 Å². The van der Waals surface area contributed by atoms with Gasteiger partial charge in [-0.2, -0.15) is 0 Å². The van der Waals surface area contributed by atoms with Crippen LogP contribution < -0.4 is 0 Å². The number of hydrogen-bond acceptors (Lipinski definition) is 2. The van der Waals surface area contributed by atoms with Gasteiger partial charge in [-0.25, -0.2) is 4.79 Å². The summed E-state index contributed by atoms with van der Waals surface area (Å²) in [7, 11) is 0. The Morgan fingerprint density at radius 3 is 1.55 bits per heavy atom. The van der Waals surface area contributed by atoms with E-state index in [1.807, 2.05) is 0 Å². The molecule has 0 bridgehead atoms. The van der Waals surface area contributed by atoms with E-state index < -0.39 is 12.1 Å². The largest absolute Gasteiger partial charge is 2.00 e. The molecule has 0 amide bonds. The van der Waals surface area contributed by atoms with Gasteiger partial charge < -0.3 is 13.1 Å². The minimum absolute atomic E-state index is 0. The Kier molecular flexibility index (Phi) is 20.4. The average Bonchev–Trinajstić information content (AvgIpc) is 2.39. The summed E-state index contributed by atoms with van der Waals surface area (Å²) in [5, 5.41) is 17.6. The second-order valence-corrected chi connectivity index (χ2v) is 5.53. The van der Waals surface area contributed by atoms with Crippen molar-refractivity contribution in [3.8, 4) is 0 Å². The van der Waals surface area contributed by atoms with Crippen molar-refractivity contribution in [1.29, 1.82) is 0 Å². The van der Waals surface area contributed by atoms with Gasteiger partial charge in [0.2, 0.25) is 0 Å². The SMILES string of the molecule is CCCCCCCCCCCCCCC(O)C(=O)O.[Ca+2].[H-].[H-]. The van der Waals surface area contributed by atoms with Gasteiger partial charge in [0.15, 0.2) is 6.10 Å². The molecule has 4 heteroatoms. The summed E-state index contributed by atoms with van der Waals surface area (Å²) in [5.74, 6) is -1.09. The zero-order valence-corrected chi connectivity index (χ0v) is 15.5. The summed E-state index contributed by atoms with van der Waals surface area (Å²) in [5.41, 5.74) is 0. The van der Waals surface area contributed by atoms with Crippen LogP contribution in [0.4, 0.5) is 0 Å². The van der Waals surface area contributed by atoms with Crippen LogP contribution in [0.15, 0.2) is 0 Å². The van der Waals surface area contributed by atoms with E-state index in [0.717, 1.165) is 12.8 Å². The van der Waals surface area contributed by atoms with E-state index in [1.165, 1.54) is 64.2 Å². The first-order valence-corrected chi connectivity index (χ1v) is 8.09. The van der Waals surface area contributed by atoms with Gasteiger partial charge in [-0.1, -0.05) is 84.0 Å². The standard InChI is InChI=1S/C16H32O3.Ca.2H/c1-2-3-4-5-6-7-8-9-10-11-12-13-14-15(17)16(18)19;;;/h15,17H,2-14H2,1H3,(H,18,19);;;/q;+2;2*-1. The monoisotopic (exact) mass is 314 g/mol. The molecule has 0 fully saturated rings. The predicted molar refractivity (Wildman–Crippen MR) is 87.3 cm³/mol. The van der Waals surface area contributed by atoms with Gasteiger partial charge >= 0.3 is 43.7 Å². The van der Waals surface area contributed by atoms with Crippen molar-refractivity contribution < 1.29 is 17.9 Å². The molecule has 0 saturated heterocycles. The zero-order chi connectivity index (χ0) is 14.3. The van der Waals surface area contributed by atoms with Crippen molar-refractivity contribution >= 4 is 43.7 Å². The van der Waals surface area contributed by atoms with E-state index in [-0.39, 0.29) is 40.6 Å². The van der Waals surface area contributed by atoms with Crippen LogP contribution >= 0.6 is 0 Å². The Morgan fingerprint density at radius 1 is 0.850 bits per heavy atom. The predicted octanol–water partition coefficient (Wildman–Crippen LogP) is 4.37. The first-order valence-electron chi connectivity index (χ1n) is 8.09. The Balaban J connectivity index is -0.000000540. The van der Waals surface area contributed by atoms with Crippen LogP contribution in [-0.2, 0) is 4.79 Å². The molecular weight excluding hydrogens is 280 g/mol. The van der Waals surface area contributed by atoms with Crippen LogP contribution in [0.5, 0.6) is 0 Å².